The molecule has 78 valence electrons. The molecular formula is C10H9BrFN3. The van der Waals surface area contributed by atoms with Crippen LogP contribution in [-0.4, -0.2) is 16.8 Å². The maximum absolute atomic E-state index is 12.7. The molecule has 0 unspecified atom stereocenters. The molecule has 0 aliphatic heterocycles. The first kappa shape index (κ1) is 10.2. The summed E-state index contributed by atoms with van der Waals surface area (Å²) in [5.41, 5.74) is 0.818. The molecule has 0 spiro atoms. The van der Waals surface area contributed by atoms with Gasteiger partial charge in [0.05, 0.1) is 10.2 Å². The van der Waals surface area contributed by atoms with Crippen LogP contribution in [0.5, 0.6) is 0 Å². The molecule has 0 fully saturated rings. The van der Waals surface area contributed by atoms with Crippen LogP contribution in [0.2, 0.25) is 0 Å². The van der Waals surface area contributed by atoms with Crippen LogP contribution in [-0.2, 0) is 0 Å². The van der Waals surface area contributed by atoms with Crippen molar-refractivity contribution in [1.29, 1.82) is 0 Å². The topological polar surface area (TPSA) is 29.9 Å². The highest BCUT2D eigenvalue weighted by atomic mass is 79.9. The van der Waals surface area contributed by atoms with Crippen molar-refractivity contribution in [2.45, 2.75) is 0 Å². The molecular weight excluding hydrogens is 261 g/mol. The molecule has 15 heavy (non-hydrogen) atoms. The van der Waals surface area contributed by atoms with Crippen LogP contribution in [0.15, 0.2) is 34.9 Å². The molecule has 1 heterocycles. The van der Waals surface area contributed by atoms with E-state index in [0.29, 0.717) is 0 Å². The van der Waals surface area contributed by atoms with Crippen molar-refractivity contribution in [2.24, 2.45) is 0 Å². The van der Waals surface area contributed by atoms with Gasteiger partial charge < -0.3 is 5.32 Å². The van der Waals surface area contributed by atoms with Crippen molar-refractivity contribution >= 4 is 21.7 Å². The Labute approximate surface area is 95.0 Å². The number of rotatable bonds is 2. The van der Waals surface area contributed by atoms with Gasteiger partial charge in [0.2, 0.25) is 0 Å². The Morgan fingerprint density at radius 2 is 2.00 bits per heavy atom. The van der Waals surface area contributed by atoms with Gasteiger partial charge in [-0.15, -0.1) is 5.10 Å². The summed E-state index contributed by atoms with van der Waals surface area (Å²) in [6.45, 7) is 0. The summed E-state index contributed by atoms with van der Waals surface area (Å²) >= 11 is 3.37. The Morgan fingerprint density at radius 1 is 1.33 bits per heavy atom. The van der Waals surface area contributed by atoms with E-state index in [4.69, 9.17) is 0 Å². The third kappa shape index (κ3) is 2.02. The van der Waals surface area contributed by atoms with E-state index in [2.05, 4.69) is 26.3 Å². The normalized spacial score (nSPS) is 10.3. The maximum Gasteiger partial charge on any atom is 0.162 e. The van der Waals surface area contributed by atoms with Crippen molar-refractivity contribution in [3.8, 4) is 5.69 Å². The zero-order valence-corrected chi connectivity index (χ0v) is 9.62. The fourth-order valence-electron chi connectivity index (χ4n) is 1.25. The lowest BCUT2D eigenvalue weighted by atomic mass is 10.3. The summed E-state index contributed by atoms with van der Waals surface area (Å²) in [7, 11) is 1.79. The number of anilines is 1. The minimum atomic E-state index is -0.251. The van der Waals surface area contributed by atoms with Crippen molar-refractivity contribution < 1.29 is 4.39 Å². The first-order valence-electron chi connectivity index (χ1n) is 4.39. The minimum Gasteiger partial charge on any atom is -0.371 e. The number of nitrogens with one attached hydrogen (secondary N) is 1. The predicted octanol–water partition coefficient (Wildman–Crippen LogP) is 2.82. The van der Waals surface area contributed by atoms with Gasteiger partial charge in [0.1, 0.15) is 5.82 Å². The number of hydrogen-bond acceptors (Lipinski definition) is 2. The highest BCUT2D eigenvalue weighted by Gasteiger charge is 2.05. The molecule has 2 rings (SSSR count). The van der Waals surface area contributed by atoms with E-state index < -0.39 is 0 Å². The van der Waals surface area contributed by atoms with Crippen LogP contribution in [0.1, 0.15) is 0 Å². The van der Waals surface area contributed by atoms with E-state index >= 15 is 0 Å². The average Bonchev–Trinajstić information content (AvgIpc) is 2.61. The molecule has 0 amide bonds. The smallest absolute Gasteiger partial charge is 0.162 e. The summed E-state index contributed by atoms with van der Waals surface area (Å²) in [6.07, 6.45) is 1.82. The van der Waals surface area contributed by atoms with E-state index in [1.165, 1.54) is 12.1 Å². The van der Waals surface area contributed by atoms with E-state index in [1.54, 1.807) is 23.9 Å². The van der Waals surface area contributed by atoms with Crippen LogP contribution in [0.4, 0.5) is 10.2 Å². The Bertz CT molecular complexity index is 464. The third-order valence-electron chi connectivity index (χ3n) is 2.00. The van der Waals surface area contributed by atoms with Crippen molar-refractivity contribution in [3.05, 3.63) is 40.8 Å². The largest absolute Gasteiger partial charge is 0.371 e. The third-order valence-corrected chi connectivity index (χ3v) is 2.58. The van der Waals surface area contributed by atoms with Crippen LogP contribution >= 0.6 is 15.9 Å². The fourth-order valence-corrected chi connectivity index (χ4v) is 1.72. The van der Waals surface area contributed by atoms with E-state index in [1.807, 2.05) is 6.20 Å². The van der Waals surface area contributed by atoms with Crippen LogP contribution in [0.3, 0.4) is 0 Å². The molecule has 1 aromatic heterocycles. The van der Waals surface area contributed by atoms with Crippen LogP contribution in [0.25, 0.3) is 5.69 Å². The van der Waals surface area contributed by atoms with E-state index in [9.17, 15) is 4.39 Å². The van der Waals surface area contributed by atoms with Gasteiger partial charge in [-0.25, -0.2) is 9.07 Å². The lowest BCUT2D eigenvalue weighted by Gasteiger charge is -1.99. The summed E-state index contributed by atoms with van der Waals surface area (Å²) in [5.74, 6) is 0.498. The Balaban J connectivity index is 2.41. The second kappa shape index (κ2) is 4.02. The average molecular weight is 270 g/mol. The Kier molecular flexibility index (Phi) is 2.73. The molecule has 0 bridgehead atoms. The zero-order valence-electron chi connectivity index (χ0n) is 8.04. The number of benzene rings is 1. The van der Waals surface area contributed by atoms with Gasteiger partial charge in [-0.3, -0.25) is 0 Å². The minimum absolute atomic E-state index is 0.251. The van der Waals surface area contributed by atoms with Crippen molar-refractivity contribution in [3.63, 3.8) is 0 Å². The fraction of sp³-hybridized carbons (Fsp3) is 0.100. The Hall–Kier alpha value is -1.36. The number of nitrogens with zero attached hydrogens (tertiary/aromatic N) is 2. The summed E-state index contributed by atoms with van der Waals surface area (Å²) in [6, 6.07) is 6.16. The van der Waals surface area contributed by atoms with Gasteiger partial charge >= 0.3 is 0 Å². The molecule has 1 aromatic carbocycles. The van der Waals surface area contributed by atoms with Crippen molar-refractivity contribution in [2.75, 3.05) is 12.4 Å². The monoisotopic (exact) mass is 269 g/mol. The quantitative estimate of drug-likeness (QED) is 0.909. The number of aromatic nitrogens is 2. The maximum atomic E-state index is 12.7. The molecule has 1 N–H and O–H groups in total. The molecule has 3 nitrogen and oxygen atoms in total. The second-order valence-electron chi connectivity index (χ2n) is 3.00. The van der Waals surface area contributed by atoms with Gasteiger partial charge in [-0.1, -0.05) is 0 Å². The molecule has 0 aliphatic rings. The Morgan fingerprint density at radius 3 is 2.53 bits per heavy atom. The summed E-state index contributed by atoms with van der Waals surface area (Å²) in [4.78, 5) is 0. The number of halogens is 2. The molecule has 0 radical (unpaired) electrons. The lowest BCUT2D eigenvalue weighted by molar-refractivity contribution is 0.627. The molecule has 0 saturated heterocycles. The van der Waals surface area contributed by atoms with E-state index in [-0.39, 0.29) is 5.82 Å². The van der Waals surface area contributed by atoms with Crippen LogP contribution < -0.4 is 5.32 Å². The van der Waals surface area contributed by atoms with Gasteiger partial charge in [0, 0.05) is 13.2 Å². The van der Waals surface area contributed by atoms with Gasteiger partial charge in [-0.2, -0.15) is 0 Å². The SMILES string of the molecule is CNc1nn(-c2ccc(F)cc2)cc1Br. The molecule has 0 atom stereocenters. The molecule has 0 aliphatic carbocycles. The highest BCUT2D eigenvalue weighted by molar-refractivity contribution is 9.10. The summed E-state index contributed by atoms with van der Waals surface area (Å²) in [5, 5.41) is 7.21. The molecule has 5 heteroatoms. The van der Waals surface area contributed by atoms with Crippen LogP contribution in [0, 0.1) is 5.82 Å². The van der Waals surface area contributed by atoms with Crippen molar-refractivity contribution in [1.82, 2.24) is 9.78 Å². The van der Waals surface area contributed by atoms with Gasteiger partial charge in [0.25, 0.3) is 0 Å². The zero-order chi connectivity index (χ0) is 10.8. The molecule has 0 saturated carbocycles. The first-order chi connectivity index (χ1) is 7.20. The first-order valence-corrected chi connectivity index (χ1v) is 5.19. The highest BCUT2D eigenvalue weighted by Crippen LogP contribution is 2.21. The number of hydrogen-bond donors (Lipinski definition) is 1. The second-order valence-corrected chi connectivity index (χ2v) is 3.85. The standard InChI is InChI=1S/C10H9BrFN3/c1-13-10-9(11)6-15(14-10)8-4-2-7(12)3-5-8/h2-6H,1H3,(H,13,14). The van der Waals surface area contributed by atoms with Gasteiger partial charge in [0.15, 0.2) is 5.82 Å². The molecule has 2 aromatic rings. The lowest BCUT2D eigenvalue weighted by Crippen LogP contribution is -1.96. The predicted molar refractivity (Wildman–Crippen MR) is 60.8 cm³/mol. The van der Waals surface area contributed by atoms with E-state index in [0.717, 1.165) is 16.0 Å². The summed E-state index contributed by atoms with van der Waals surface area (Å²) < 4.78 is 15.2. The van der Waals surface area contributed by atoms with Gasteiger partial charge in [-0.05, 0) is 40.2 Å².